The van der Waals surface area contributed by atoms with Gasteiger partial charge in [-0.3, -0.25) is 0 Å². The minimum Gasteiger partial charge on any atom is -0.356 e. The maximum Gasteiger partial charge on any atom is 0.334 e. The second-order valence-corrected chi connectivity index (χ2v) is 8.06. The molecule has 0 atom stereocenters. The molecule has 4 aliphatic rings. The Balaban J connectivity index is 2.69. The Morgan fingerprint density at radius 2 is 0.571 bits per heavy atom. The highest BCUT2D eigenvalue weighted by molar-refractivity contribution is 5.54. The van der Waals surface area contributed by atoms with Crippen LogP contribution in [0.25, 0.3) is 0 Å². The molecule has 206 valence electrons. The van der Waals surface area contributed by atoms with Gasteiger partial charge in [0.15, 0.2) is 0 Å². The Hall–Kier alpha value is -1.15. The summed E-state index contributed by atoms with van der Waals surface area (Å²) in [4.78, 5) is 0. The van der Waals surface area contributed by atoms with Crippen LogP contribution in [0.5, 0.6) is 0 Å². The number of hydrogen-bond donors (Lipinski definition) is 3. The first-order valence-electron chi connectivity index (χ1n) is 9.66. The van der Waals surface area contributed by atoms with Crippen LogP contribution in [-0.2, 0) is 14.2 Å². The van der Waals surface area contributed by atoms with Crippen molar-refractivity contribution >= 4 is 0 Å². The number of ether oxygens (including phenoxy) is 3. The van der Waals surface area contributed by atoms with Crippen molar-refractivity contribution in [3.63, 3.8) is 0 Å². The first-order valence-corrected chi connectivity index (χ1v) is 9.66. The molecule has 0 aliphatic heterocycles. The summed E-state index contributed by atoms with van der Waals surface area (Å²) < 4.78 is 212. The van der Waals surface area contributed by atoms with Crippen LogP contribution in [0.15, 0.2) is 0 Å². The van der Waals surface area contributed by atoms with Crippen LogP contribution in [0.4, 0.5) is 57.1 Å². The molecule has 0 heterocycles. The van der Waals surface area contributed by atoms with Gasteiger partial charge in [0, 0.05) is 19.6 Å². The third kappa shape index (κ3) is 2.11. The SMILES string of the molecule is NCCOC12C(F)(F)C3(F)C(F)(F)C(OCCN)(C1(F)F)C(F)(F)C(OCCN)(C3(F)F)C2(F)F. The van der Waals surface area contributed by atoms with E-state index < -0.39 is 97.5 Å². The van der Waals surface area contributed by atoms with Crippen LogP contribution in [0.1, 0.15) is 0 Å². The molecule has 0 aromatic rings. The monoisotopic (exact) mass is 547 g/mol. The van der Waals surface area contributed by atoms with Gasteiger partial charge in [-0.05, 0) is 0 Å². The molecule has 4 saturated carbocycles. The van der Waals surface area contributed by atoms with E-state index >= 15 is 57.1 Å². The van der Waals surface area contributed by atoms with E-state index in [1.807, 2.05) is 0 Å². The third-order valence-corrected chi connectivity index (χ3v) is 6.59. The summed E-state index contributed by atoms with van der Waals surface area (Å²) >= 11 is 0. The smallest absolute Gasteiger partial charge is 0.334 e. The first kappa shape index (κ1) is 28.4. The van der Waals surface area contributed by atoms with Gasteiger partial charge in [-0.25, -0.2) is 4.39 Å². The van der Waals surface area contributed by atoms with E-state index in [2.05, 4.69) is 14.2 Å². The summed E-state index contributed by atoms with van der Waals surface area (Å²) in [7, 11) is 0. The lowest BCUT2D eigenvalue weighted by molar-refractivity contribution is -0.639. The number of rotatable bonds is 9. The van der Waals surface area contributed by atoms with Gasteiger partial charge in [0.05, 0.1) is 19.8 Å². The summed E-state index contributed by atoms with van der Waals surface area (Å²) in [5.74, 6) is -42.8. The van der Waals surface area contributed by atoms with Crippen molar-refractivity contribution in [2.24, 2.45) is 17.2 Å². The van der Waals surface area contributed by atoms with Gasteiger partial charge in [0.25, 0.3) is 16.8 Å². The van der Waals surface area contributed by atoms with Gasteiger partial charge in [0.2, 0.25) is 0 Å². The topological polar surface area (TPSA) is 106 Å². The quantitative estimate of drug-likeness (QED) is 0.380. The van der Waals surface area contributed by atoms with Gasteiger partial charge in [-0.1, -0.05) is 0 Å². The molecule has 0 aromatic heterocycles. The molecule has 0 unspecified atom stereocenters. The highest BCUT2D eigenvalue weighted by atomic mass is 19.3. The fraction of sp³-hybridized carbons (Fsp3) is 1.00. The zero-order chi connectivity index (χ0) is 27.4. The number of halogens is 13. The summed E-state index contributed by atoms with van der Waals surface area (Å²) in [6.07, 6.45) is 0. The molecule has 6 nitrogen and oxygen atoms in total. The maximum atomic E-state index is 15.7. The fourth-order valence-electron chi connectivity index (χ4n) is 5.29. The lowest BCUT2D eigenvalue weighted by Crippen LogP contribution is -3.11. The van der Waals surface area contributed by atoms with Gasteiger partial charge < -0.3 is 31.4 Å². The van der Waals surface area contributed by atoms with E-state index in [1.54, 1.807) is 0 Å². The Labute approximate surface area is 187 Å². The zero-order valence-electron chi connectivity index (χ0n) is 17.1. The van der Waals surface area contributed by atoms with E-state index in [0.29, 0.717) is 0 Å². The maximum absolute atomic E-state index is 15.7. The normalized spacial score (nSPS) is 42.9. The largest absolute Gasteiger partial charge is 0.356 e. The molecule has 0 amide bonds. The standard InChI is InChI=1S/C16H18F13N3O3/c17-7-11(18,19)8(33-4-1-30)14(24,25)9(12(7,20)21,34-5-2-31)16(28,29)10(13(7,22)23,15(8,26)27)35-6-3-32/h1-6,30-32H2. The summed E-state index contributed by atoms with van der Waals surface area (Å²) in [5, 5.41) is 0. The van der Waals surface area contributed by atoms with Crippen LogP contribution in [0.3, 0.4) is 0 Å². The molecule has 35 heavy (non-hydrogen) atoms. The number of hydrogen-bond acceptors (Lipinski definition) is 6. The van der Waals surface area contributed by atoms with Gasteiger partial charge in [0.1, 0.15) is 0 Å². The average Bonchev–Trinajstić information content (AvgIpc) is 2.70. The van der Waals surface area contributed by atoms with E-state index in [-0.39, 0.29) is 0 Å². The Morgan fingerprint density at radius 1 is 0.371 bits per heavy atom. The molecule has 4 bridgehead atoms. The molecule has 0 spiro atoms. The van der Waals surface area contributed by atoms with Crippen molar-refractivity contribution in [3.05, 3.63) is 0 Å². The van der Waals surface area contributed by atoms with E-state index in [4.69, 9.17) is 17.2 Å². The van der Waals surface area contributed by atoms with Crippen LogP contribution < -0.4 is 17.2 Å². The predicted octanol–water partition coefficient (Wildman–Crippen LogP) is 1.69. The molecule has 4 aliphatic carbocycles. The van der Waals surface area contributed by atoms with Crippen molar-refractivity contribution < 1.29 is 71.3 Å². The minimum absolute atomic E-state index is 1.22. The van der Waals surface area contributed by atoms with Crippen LogP contribution in [0.2, 0.25) is 0 Å². The zero-order valence-corrected chi connectivity index (χ0v) is 17.1. The Morgan fingerprint density at radius 3 is 0.743 bits per heavy atom. The van der Waals surface area contributed by atoms with E-state index in [9.17, 15) is 0 Å². The third-order valence-electron chi connectivity index (χ3n) is 6.59. The highest BCUT2D eigenvalue weighted by Crippen LogP contribution is 2.88. The van der Waals surface area contributed by atoms with Crippen molar-refractivity contribution in [2.75, 3.05) is 39.5 Å². The van der Waals surface area contributed by atoms with Gasteiger partial charge in [-0.15, -0.1) is 0 Å². The molecule has 0 radical (unpaired) electrons. The van der Waals surface area contributed by atoms with Crippen LogP contribution in [-0.4, -0.2) is 97.5 Å². The fourth-order valence-corrected chi connectivity index (χ4v) is 5.29. The summed E-state index contributed by atoms with van der Waals surface area (Å²) in [6.45, 7) is -9.25. The van der Waals surface area contributed by atoms with Crippen molar-refractivity contribution in [1.82, 2.24) is 0 Å². The van der Waals surface area contributed by atoms with Gasteiger partial charge >= 0.3 is 41.2 Å². The predicted molar refractivity (Wildman–Crippen MR) is 86.7 cm³/mol. The molecular weight excluding hydrogens is 529 g/mol. The van der Waals surface area contributed by atoms with Crippen molar-refractivity contribution in [3.8, 4) is 0 Å². The van der Waals surface area contributed by atoms with Crippen molar-refractivity contribution in [2.45, 2.75) is 58.0 Å². The lowest BCUT2D eigenvalue weighted by atomic mass is 9.39. The van der Waals surface area contributed by atoms with E-state index in [0.717, 1.165) is 0 Å². The lowest BCUT2D eigenvalue weighted by Gasteiger charge is -2.77. The Bertz CT molecular complexity index is 744. The van der Waals surface area contributed by atoms with Crippen LogP contribution >= 0.6 is 0 Å². The minimum atomic E-state index is -7.27. The molecular formula is C16H18F13N3O3. The molecule has 4 fully saturated rings. The molecule has 0 saturated heterocycles. The summed E-state index contributed by atoms with van der Waals surface area (Å²) in [5.41, 5.74) is -12.0. The van der Waals surface area contributed by atoms with Crippen molar-refractivity contribution in [1.29, 1.82) is 0 Å². The molecule has 19 heteroatoms. The molecule has 6 N–H and O–H groups in total. The first-order chi connectivity index (χ1) is 15.7. The van der Waals surface area contributed by atoms with Gasteiger partial charge in [-0.2, -0.15) is 52.7 Å². The highest BCUT2D eigenvalue weighted by Gasteiger charge is 3.22. The second-order valence-electron chi connectivity index (χ2n) is 8.06. The van der Waals surface area contributed by atoms with Crippen LogP contribution in [0, 0.1) is 0 Å². The summed E-state index contributed by atoms with van der Waals surface area (Å²) in [6, 6.07) is 0. The number of nitrogens with two attached hydrogens (primary N) is 3. The number of alkyl halides is 13. The molecule has 4 rings (SSSR count). The second kappa shape index (κ2) is 7.24. The average molecular weight is 547 g/mol. The van der Waals surface area contributed by atoms with E-state index in [1.165, 1.54) is 0 Å². The Kier molecular flexibility index (Phi) is 5.88. The molecule has 0 aromatic carbocycles.